The van der Waals surface area contributed by atoms with Crippen LogP contribution in [-0.4, -0.2) is 0 Å². The Morgan fingerprint density at radius 2 is 1.56 bits per heavy atom. The fraction of sp³-hybridized carbons (Fsp3) is 0.217. The molecule has 126 valence electrons. The maximum Gasteiger partial charge on any atom is 0.135 e. The van der Waals surface area contributed by atoms with Crippen LogP contribution in [0.2, 0.25) is 0 Å². The number of unbranched alkanes of at least 4 members (excludes halogenated alkanes) is 1. The lowest BCUT2D eigenvalue weighted by Gasteiger charge is -2.08. The van der Waals surface area contributed by atoms with E-state index in [1.54, 1.807) is 12.1 Å². The molecule has 3 aromatic carbocycles. The minimum absolute atomic E-state index is 0.185. The van der Waals surface area contributed by atoms with Gasteiger partial charge in [-0.2, -0.15) is 0 Å². The summed E-state index contributed by atoms with van der Waals surface area (Å²) in [6, 6.07) is 16.3. The number of hydrogen-bond donors (Lipinski definition) is 0. The van der Waals surface area contributed by atoms with E-state index in [1.807, 2.05) is 12.1 Å². The lowest BCUT2D eigenvalue weighted by molar-refractivity contribution is 0.618. The Morgan fingerprint density at radius 3 is 2.32 bits per heavy atom. The zero-order valence-corrected chi connectivity index (χ0v) is 14.3. The van der Waals surface area contributed by atoms with Gasteiger partial charge in [0.2, 0.25) is 0 Å². The second-order valence-electron chi connectivity index (χ2n) is 6.73. The van der Waals surface area contributed by atoms with Gasteiger partial charge < -0.3 is 0 Å². The van der Waals surface area contributed by atoms with Crippen LogP contribution in [0.5, 0.6) is 0 Å². The molecule has 0 fully saturated rings. The summed E-state index contributed by atoms with van der Waals surface area (Å²) >= 11 is 0. The number of aryl methyl sites for hydroxylation is 1. The van der Waals surface area contributed by atoms with Crippen LogP contribution in [0.25, 0.3) is 22.3 Å². The molecule has 0 heterocycles. The molecule has 0 nitrogen and oxygen atoms in total. The summed E-state index contributed by atoms with van der Waals surface area (Å²) in [5.41, 5.74) is 6.66. The first-order valence-electron chi connectivity index (χ1n) is 8.87. The number of halogens is 2. The summed E-state index contributed by atoms with van der Waals surface area (Å²) in [6.45, 7) is 2.19. The summed E-state index contributed by atoms with van der Waals surface area (Å²) < 4.78 is 28.3. The summed E-state index contributed by atoms with van der Waals surface area (Å²) in [5.74, 6) is -0.493. The Hall–Kier alpha value is -2.48. The molecule has 0 saturated carbocycles. The maximum absolute atomic E-state index is 15.1. The van der Waals surface area contributed by atoms with Crippen molar-refractivity contribution in [3.63, 3.8) is 0 Å². The first-order valence-corrected chi connectivity index (χ1v) is 8.87. The van der Waals surface area contributed by atoms with Gasteiger partial charge in [-0.1, -0.05) is 55.8 Å². The number of hydrogen-bond acceptors (Lipinski definition) is 0. The van der Waals surface area contributed by atoms with Crippen molar-refractivity contribution in [3.8, 4) is 22.3 Å². The minimum atomic E-state index is -0.308. The Balaban J connectivity index is 1.72. The topological polar surface area (TPSA) is 0 Å². The minimum Gasteiger partial charge on any atom is -0.207 e. The van der Waals surface area contributed by atoms with Gasteiger partial charge in [-0.3, -0.25) is 0 Å². The van der Waals surface area contributed by atoms with Crippen molar-refractivity contribution in [3.05, 3.63) is 82.9 Å². The third-order valence-electron chi connectivity index (χ3n) is 5.04. The zero-order chi connectivity index (χ0) is 17.4. The van der Waals surface area contributed by atoms with Crippen molar-refractivity contribution in [1.82, 2.24) is 0 Å². The van der Waals surface area contributed by atoms with Gasteiger partial charge in [-0.15, -0.1) is 0 Å². The Kier molecular flexibility index (Phi) is 4.12. The van der Waals surface area contributed by atoms with Crippen molar-refractivity contribution in [2.75, 3.05) is 0 Å². The van der Waals surface area contributed by atoms with Crippen LogP contribution in [-0.2, 0) is 12.8 Å². The highest BCUT2D eigenvalue weighted by Crippen LogP contribution is 2.41. The molecule has 0 atom stereocenters. The van der Waals surface area contributed by atoms with Crippen molar-refractivity contribution in [2.24, 2.45) is 0 Å². The van der Waals surface area contributed by atoms with Gasteiger partial charge in [0.1, 0.15) is 11.6 Å². The van der Waals surface area contributed by atoms with Gasteiger partial charge in [0.05, 0.1) is 0 Å². The molecule has 0 amide bonds. The highest BCUT2D eigenvalue weighted by molar-refractivity contribution is 5.81. The number of rotatable bonds is 4. The van der Waals surface area contributed by atoms with E-state index < -0.39 is 0 Å². The molecular formula is C23H20F2. The molecular weight excluding hydrogens is 314 g/mol. The molecule has 25 heavy (non-hydrogen) atoms. The average Bonchev–Trinajstić information content (AvgIpc) is 3.00. The summed E-state index contributed by atoms with van der Waals surface area (Å²) in [4.78, 5) is 0. The van der Waals surface area contributed by atoms with Gasteiger partial charge in [0.25, 0.3) is 0 Å². The van der Waals surface area contributed by atoms with Crippen molar-refractivity contribution >= 4 is 0 Å². The monoisotopic (exact) mass is 334 g/mol. The fourth-order valence-electron chi connectivity index (χ4n) is 3.68. The lowest BCUT2D eigenvalue weighted by Crippen LogP contribution is -1.92. The quantitative estimate of drug-likeness (QED) is 0.397. The van der Waals surface area contributed by atoms with E-state index in [-0.39, 0.29) is 11.6 Å². The second-order valence-corrected chi connectivity index (χ2v) is 6.73. The van der Waals surface area contributed by atoms with Crippen LogP contribution >= 0.6 is 0 Å². The van der Waals surface area contributed by atoms with E-state index in [1.165, 1.54) is 36.1 Å². The molecule has 0 spiro atoms. The van der Waals surface area contributed by atoms with Crippen LogP contribution in [0.4, 0.5) is 8.78 Å². The molecule has 1 aliphatic rings. The van der Waals surface area contributed by atoms with E-state index in [9.17, 15) is 4.39 Å². The van der Waals surface area contributed by atoms with Gasteiger partial charge in [-0.25, -0.2) is 8.78 Å². The standard InChI is InChI=1S/C23H20F2/c1-2-3-4-15-5-10-19-17(13-15)14-22-21(19)12-11-20(23(22)25)16-6-8-18(24)9-7-16/h5-13H,2-4,14H2,1H3. The van der Waals surface area contributed by atoms with Gasteiger partial charge in [0, 0.05) is 17.5 Å². The molecule has 0 unspecified atom stereocenters. The Morgan fingerprint density at radius 1 is 0.840 bits per heavy atom. The fourth-order valence-corrected chi connectivity index (χ4v) is 3.68. The number of fused-ring (bicyclic) bond motifs is 3. The summed E-state index contributed by atoms with van der Waals surface area (Å²) in [6.07, 6.45) is 4.05. The third-order valence-corrected chi connectivity index (χ3v) is 5.04. The average molecular weight is 334 g/mol. The molecule has 0 N–H and O–H groups in total. The molecule has 0 bridgehead atoms. The van der Waals surface area contributed by atoms with Crippen molar-refractivity contribution < 1.29 is 8.78 Å². The van der Waals surface area contributed by atoms with Gasteiger partial charge in [-0.05, 0) is 52.8 Å². The van der Waals surface area contributed by atoms with E-state index in [0.717, 1.165) is 23.1 Å². The molecule has 1 aliphatic carbocycles. The van der Waals surface area contributed by atoms with Crippen molar-refractivity contribution in [2.45, 2.75) is 32.6 Å². The second kappa shape index (κ2) is 6.44. The highest BCUT2D eigenvalue weighted by atomic mass is 19.1. The van der Waals surface area contributed by atoms with Crippen LogP contribution in [0.1, 0.15) is 36.5 Å². The highest BCUT2D eigenvalue weighted by Gasteiger charge is 2.24. The van der Waals surface area contributed by atoms with E-state index in [2.05, 4.69) is 25.1 Å². The molecule has 0 aromatic heterocycles. The van der Waals surface area contributed by atoms with Gasteiger partial charge >= 0.3 is 0 Å². The lowest BCUT2D eigenvalue weighted by atomic mass is 9.98. The van der Waals surface area contributed by atoms with E-state index in [0.29, 0.717) is 17.5 Å². The summed E-state index contributed by atoms with van der Waals surface area (Å²) in [5, 5.41) is 0. The van der Waals surface area contributed by atoms with E-state index in [4.69, 9.17) is 0 Å². The molecule has 4 rings (SSSR count). The predicted molar refractivity (Wildman–Crippen MR) is 98.6 cm³/mol. The van der Waals surface area contributed by atoms with Crippen LogP contribution in [0.15, 0.2) is 54.6 Å². The van der Waals surface area contributed by atoms with Crippen LogP contribution < -0.4 is 0 Å². The zero-order valence-electron chi connectivity index (χ0n) is 14.3. The van der Waals surface area contributed by atoms with E-state index >= 15 is 4.39 Å². The first kappa shape index (κ1) is 16.0. The SMILES string of the molecule is CCCCc1ccc2c(c1)Cc1c-2ccc(-c2ccc(F)cc2)c1F. The number of benzene rings is 3. The largest absolute Gasteiger partial charge is 0.207 e. The normalized spacial score (nSPS) is 12.1. The van der Waals surface area contributed by atoms with Crippen LogP contribution in [0, 0.1) is 11.6 Å². The molecule has 0 aliphatic heterocycles. The molecule has 0 radical (unpaired) electrons. The Labute approximate surface area is 147 Å². The van der Waals surface area contributed by atoms with Gasteiger partial charge in [0.15, 0.2) is 0 Å². The van der Waals surface area contributed by atoms with Crippen LogP contribution in [0.3, 0.4) is 0 Å². The predicted octanol–water partition coefficient (Wildman–Crippen LogP) is 6.55. The smallest absolute Gasteiger partial charge is 0.135 e. The third kappa shape index (κ3) is 2.86. The molecule has 0 saturated heterocycles. The maximum atomic E-state index is 15.1. The first-order chi connectivity index (χ1) is 12.2. The Bertz CT molecular complexity index is 924. The van der Waals surface area contributed by atoms with Crippen molar-refractivity contribution in [1.29, 1.82) is 0 Å². The molecule has 3 aromatic rings. The molecule has 2 heteroatoms. The summed E-state index contributed by atoms with van der Waals surface area (Å²) in [7, 11) is 0.